The summed E-state index contributed by atoms with van der Waals surface area (Å²) in [6, 6.07) is 3.90. The Labute approximate surface area is 135 Å². The first-order valence-corrected chi connectivity index (χ1v) is 9.01. The van der Waals surface area contributed by atoms with E-state index in [0.717, 1.165) is 17.9 Å². The fourth-order valence-electron chi connectivity index (χ4n) is 2.71. The Hall–Kier alpha value is -1.25. The second-order valence-corrected chi connectivity index (χ2v) is 6.19. The highest BCUT2D eigenvalue weighted by molar-refractivity contribution is 5.66. The van der Waals surface area contributed by atoms with E-state index in [-0.39, 0.29) is 6.42 Å². The van der Waals surface area contributed by atoms with E-state index in [0.29, 0.717) is 6.42 Å². The highest BCUT2D eigenvalue weighted by Gasteiger charge is 2.04. The fourth-order valence-corrected chi connectivity index (χ4v) is 2.71. The van der Waals surface area contributed by atoms with Crippen LogP contribution in [-0.2, 0) is 17.6 Å². The van der Waals surface area contributed by atoms with Crippen LogP contribution in [0.15, 0.2) is 16.5 Å². The maximum atomic E-state index is 10.5. The van der Waals surface area contributed by atoms with Gasteiger partial charge in [0, 0.05) is 12.8 Å². The van der Waals surface area contributed by atoms with Gasteiger partial charge >= 0.3 is 5.97 Å². The summed E-state index contributed by atoms with van der Waals surface area (Å²) < 4.78 is 5.65. The molecule has 1 rings (SSSR count). The van der Waals surface area contributed by atoms with E-state index in [1.807, 2.05) is 12.1 Å². The maximum Gasteiger partial charge on any atom is 0.303 e. The molecule has 0 aliphatic rings. The minimum absolute atomic E-state index is 0.144. The first kappa shape index (κ1) is 18.8. The number of hydrogen-bond donors (Lipinski definition) is 1. The van der Waals surface area contributed by atoms with E-state index < -0.39 is 5.97 Å². The lowest BCUT2D eigenvalue weighted by Gasteiger charge is -2.01. The lowest BCUT2D eigenvalue weighted by molar-refractivity contribution is -0.137. The Morgan fingerprint density at radius 3 is 1.91 bits per heavy atom. The molecule has 0 aromatic carbocycles. The number of carbonyl (C=O) groups is 1. The Balaban J connectivity index is 1.95. The summed E-state index contributed by atoms with van der Waals surface area (Å²) in [5.41, 5.74) is 0. The van der Waals surface area contributed by atoms with Crippen LogP contribution in [0.4, 0.5) is 0 Å². The number of aryl methyl sites for hydroxylation is 2. The third-order valence-electron chi connectivity index (χ3n) is 4.08. The highest BCUT2D eigenvalue weighted by Crippen LogP contribution is 2.15. The third kappa shape index (κ3) is 9.64. The number of rotatable bonds is 14. The first-order chi connectivity index (χ1) is 10.7. The van der Waals surface area contributed by atoms with Crippen molar-refractivity contribution in [1.82, 2.24) is 0 Å². The molecule has 0 saturated carbocycles. The van der Waals surface area contributed by atoms with Crippen molar-refractivity contribution in [2.24, 2.45) is 0 Å². The van der Waals surface area contributed by atoms with Crippen LogP contribution in [0.5, 0.6) is 0 Å². The number of aliphatic carboxylic acids is 1. The highest BCUT2D eigenvalue weighted by atomic mass is 16.4. The van der Waals surface area contributed by atoms with Crippen LogP contribution >= 0.6 is 0 Å². The second kappa shape index (κ2) is 12.3. The summed E-state index contributed by atoms with van der Waals surface area (Å²) in [5.74, 6) is 1.03. The quantitative estimate of drug-likeness (QED) is 0.444. The van der Waals surface area contributed by atoms with Crippen molar-refractivity contribution in [3.8, 4) is 0 Å². The van der Waals surface area contributed by atoms with Gasteiger partial charge in [0.2, 0.25) is 0 Å². The summed E-state index contributed by atoms with van der Waals surface area (Å²) in [4.78, 5) is 10.5. The van der Waals surface area contributed by atoms with Gasteiger partial charge in [-0.2, -0.15) is 0 Å². The summed E-state index contributed by atoms with van der Waals surface area (Å²) in [7, 11) is 0. The average molecular weight is 308 g/mol. The standard InChI is InChI=1S/C19H32O3/c1-2-3-4-5-6-7-8-9-10-11-12-17-13-14-18(22-17)15-16-19(20)21/h13-14H,2-12,15-16H2,1H3,(H,20,21). The van der Waals surface area contributed by atoms with Gasteiger partial charge in [-0.05, 0) is 18.6 Å². The summed E-state index contributed by atoms with van der Waals surface area (Å²) in [6.45, 7) is 2.26. The predicted molar refractivity (Wildman–Crippen MR) is 90.2 cm³/mol. The molecular weight excluding hydrogens is 276 g/mol. The molecule has 126 valence electrons. The molecule has 0 radical (unpaired) electrons. The number of carboxylic acid groups (broad SMARTS) is 1. The van der Waals surface area contributed by atoms with Gasteiger partial charge in [-0.1, -0.05) is 64.7 Å². The van der Waals surface area contributed by atoms with Crippen LogP contribution in [0.3, 0.4) is 0 Å². The van der Waals surface area contributed by atoms with E-state index in [2.05, 4.69) is 6.92 Å². The van der Waals surface area contributed by atoms with Crippen molar-refractivity contribution in [3.05, 3.63) is 23.7 Å². The molecule has 0 unspecified atom stereocenters. The zero-order chi connectivity index (χ0) is 16.0. The van der Waals surface area contributed by atoms with Gasteiger partial charge in [0.25, 0.3) is 0 Å². The van der Waals surface area contributed by atoms with Gasteiger partial charge in [-0.15, -0.1) is 0 Å². The molecule has 0 aliphatic heterocycles. The molecule has 1 aromatic rings. The van der Waals surface area contributed by atoms with Gasteiger partial charge in [0.1, 0.15) is 11.5 Å². The van der Waals surface area contributed by atoms with Crippen LogP contribution in [0.2, 0.25) is 0 Å². The molecule has 1 N–H and O–H groups in total. The number of unbranched alkanes of at least 4 members (excludes halogenated alkanes) is 9. The van der Waals surface area contributed by atoms with Crippen LogP contribution in [0, 0.1) is 0 Å². The van der Waals surface area contributed by atoms with Gasteiger partial charge in [-0.3, -0.25) is 4.79 Å². The Morgan fingerprint density at radius 1 is 0.864 bits per heavy atom. The van der Waals surface area contributed by atoms with E-state index in [1.54, 1.807) is 0 Å². The van der Waals surface area contributed by atoms with Crippen LogP contribution in [0.1, 0.15) is 89.1 Å². The second-order valence-electron chi connectivity index (χ2n) is 6.19. The Morgan fingerprint density at radius 2 is 1.36 bits per heavy atom. The van der Waals surface area contributed by atoms with Gasteiger partial charge in [0.05, 0.1) is 6.42 Å². The Kier molecular flexibility index (Phi) is 10.5. The van der Waals surface area contributed by atoms with Crippen molar-refractivity contribution < 1.29 is 14.3 Å². The number of furan rings is 1. The first-order valence-electron chi connectivity index (χ1n) is 9.01. The molecular formula is C19H32O3. The largest absolute Gasteiger partial charge is 0.481 e. The van der Waals surface area contributed by atoms with E-state index in [1.165, 1.54) is 64.2 Å². The van der Waals surface area contributed by atoms with Gasteiger partial charge < -0.3 is 9.52 Å². The zero-order valence-corrected chi connectivity index (χ0v) is 14.1. The minimum Gasteiger partial charge on any atom is -0.481 e. The van der Waals surface area contributed by atoms with E-state index in [9.17, 15) is 4.79 Å². The maximum absolute atomic E-state index is 10.5. The molecule has 3 nitrogen and oxygen atoms in total. The SMILES string of the molecule is CCCCCCCCCCCCc1ccc(CCC(=O)O)o1. The lowest BCUT2D eigenvalue weighted by Crippen LogP contribution is -1.96. The van der Waals surface area contributed by atoms with Crippen LogP contribution < -0.4 is 0 Å². The zero-order valence-electron chi connectivity index (χ0n) is 14.1. The topological polar surface area (TPSA) is 50.4 Å². The number of carboxylic acids is 1. The third-order valence-corrected chi connectivity index (χ3v) is 4.08. The van der Waals surface area contributed by atoms with Crippen LogP contribution in [0.25, 0.3) is 0 Å². The van der Waals surface area contributed by atoms with Crippen molar-refractivity contribution in [2.75, 3.05) is 0 Å². The summed E-state index contributed by atoms with van der Waals surface area (Å²) in [5, 5.41) is 8.64. The molecule has 0 fully saturated rings. The molecule has 22 heavy (non-hydrogen) atoms. The van der Waals surface area contributed by atoms with E-state index in [4.69, 9.17) is 9.52 Å². The predicted octanol–water partition coefficient (Wildman–Crippen LogP) is 5.76. The molecule has 1 heterocycles. The average Bonchev–Trinajstić information content (AvgIpc) is 2.95. The molecule has 3 heteroatoms. The van der Waals surface area contributed by atoms with Crippen molar-refractivity contribution in [3.63, 3.8) is 0 Å². The monoisotopic (exact) mass is 308 g/mol. The van der Waals surface area contributed by atoms with E-state index >= 15 is 0 Å². The minimum atomic E-state index is -0.771. The molecule has 0 amide bonds. The molecule has 0 saturated heterocycles. The van der Waals surface area contributed by atoms with Gasteiger partial charge in [-0.25, -0.2) is 0 Å². The molecule has 1 aromatic heterocycles. The summed E-state index contributed by atoms with van der Waals surface area (Å²) in [6.07, 6.45) is 15.0. The number of hydrogen-bond acceptors (Lipinski definition) is 2. The Bertz CT molecular complexity index is 395. The molecule has 0 atom stereocenters. The molecule has 0 spiro atoms. The lowest BCUT2D eigenvalue weighted by atomic mass is 10.1. The van der Waals surface area contributed by atoms with Crippen molar-refractivity contribution in [1.29, 1.82) is 0 Å². The van der Waals surface area contributed by atoms with Crippen LogP contribution in [-0.4, -0.2) is 11.1 Å². The molecule has 0 bridgehead atoms. The van der Waals surface area contributed by atoms with Gasteiger partial charge in [0.15, 0.2) is 0 Å². The van der Waals surface area contributed by atoms with Crippen molar-refractivity contribution in [2.45, 2.75) is 90.4 Å². The molecule has 0 aliphatic carbocycles. The van der Waals surface area contributed by atoms with Crippen molar-refractivity contribution >= 4 is 5.97 Å². The fraction of sp³-hybridized carbons (Fsp3) is 0.737. The summed E-state index contributed by atoms with van der Waals surface area (Å²) >= 11 is 0. The smallest absolute Gasteiger partial charge is 0.303 e. The normalized spacial score (nSPS) is 11.0.